The van der Waals surface area contributed by atoms with Gasteiger partial charge in [0.15, 0.2) is 5.79 Å². The van der Waals surface area contributed by atoms with Crippen molar-refractivity contribution in [3.05, 3.63) is 63.9 Å². The molecule has 1 aromatic carbocycles. The molecule has 2 heterocycles. The van der Waals surface area contributed by atoms with Crippen molar-refractivity contribution in [2.24, 2.45) is 5.73 Å². The summed E-state index contributed by atoms with van der Waals surface area (Å²) in [5, 5.41) is 13.5. The highest BCUT2D eigenvalue weighted by Crippen LogP contribution is 2.30. The zero-order valence-corrected chi connectivity index (χ0v) is 10.6. The first-order valence-electron chi connectivity index (χ1n) is 6.02. The van der Waals surface area contributed by atoms with Gasteiger partial charge in [0.2, 0.25) is 0 Å². The molecule has 0 saturated carbocycles. The summed E-state index contributed by atoms with van der Waals surface area (Å²) in [7, 11) is 0. The van der Waals surface area contributed by atoms with E-state index in [1.54, 1.807) is 12.2 Å². The first-order chi connectivity index (χ1) is 9.94. The van der Waals surface area contributed by atoms with Gasteiger partial charge in [-0.1, -0.05) is 6.08 Å². The third-order valence-corrected chi connectivity index (χ3v) is 3.32. The fourth-order valence-corrected chi connectivity index (χ4v) is 2.31. The normalized spacial score (nSPS) is 23.2. The van der Waals surface area contributed by atoms with Gasteiger partial charge in [0.25, 0.3) is 17.5 Å². The molecule has 0 aromatic heterocycles. The number of imide groups is 1. The molecule has 0 bridgehead atoms. The molecule has 0 aliphatic carbocycles. The van der Waals surface area contributed by atoms with E-state index in [1.165, 1.54) is 24.4 Å². The van der Waals surface area contributed by atoms with Crippen LogP contribution in [0.1, 0.15) is 20.7 Å². The van der Waals surface area contributed by atoms with Gasteiger partial charge in [0, 0.05) is 12.1 Å². The van der Waals surface area contributed by atoms with E-state index in [0.717, 1.165) is 11.0 Å². The van der Waals surface area contributed by atoms with Gasteiger partial charge in [-0.25, -0.2) is 4.90 Å². The van der Waals surface area contributed by atoms with Crippen LogP contribution in [0.4, 0.5) is 5.69 Å². The lowest BCUT2D eigenvalue weighted by molar-refractivity contribution is -0.384. The summed E-state index contributed by atoms with van der Waals surface area (Å²) in [5.41, 5.74) is 5.84. The minimum Gasteiger partial charge on any atom is -0.353 e. The number of nitrogens with one attached hydrogen (secondary N) is 1. The van der Waals surface area contributed by atoms with E-state index in [0.29, 0.717) is 0 Å². The maximum Gasteiger partial charge on any atom is 0.270 e. The number of nitrogens with two attached hydrogens (primary N) is 1. The van der Waals surface area contributed by atoms with E-state index in [2.05, 4.69) is 5.32 Å². The lowest BCUT2D eigenvalue weighted by Gasteiger charge is -2.35. The van der Waals surface area contributed by atoms with Gasteiger partial charge in [-0.2, -0.15) is 0 Å². The quantitative estimate of drug-likeness (QED) is 0.463. The standard InChI is InChI=1S/C13H10N4O4/c14-13(5-1-2-6-15-13)16-11(18)9-4-3-8(17(20)21)7-10(9)12(16)19/h1-7,15H,14H2. The number of nitro groups is 1. The number of fused-ring (bicyclic) bond motifs is 1. The van der Waals surface area contributed by atoms with Crippen LogP contribution in [0.25, 0.3) is 0 Å². The largest absolute Gasteiger partial charge is 0.353 e. The number of amides is 2. The van der Waals surface area contributed by atoms with Gasteiger partial charge in [-0.15, -0.1) is 0 Å². The number of hydrogen-bond acceptors (Lipinski definition) is 6. The SMILES string of the molecule is NC1(N2C(=O)c3ccc([N+](=O)[O-])cc3C2=O)C=CC=CN1. The molecule has 0 radical (unpaired) electrons. The van der Waals surface area contributed by atoms with Crippen LogP contribution in [0, 0.1) is 10.1 Å². The zero-order valence-electron chi connectivity index (χ0n) is 10.6. The van der Waals surface area contributed by atoms with Gasteiger partial charge >= 0.3 is 0 Å². The van der Waals surface area contributed by atoms with E-state index < -0.39 is 22.5 Å². The van der Waals surface area contributed by atoms with Crippen LogP contribution in [0.15, 0.2) is 42.6 Å². The van der Waals surface area contributed by atoms with Crippen molar-refractivity contribution in [1.29, 1.82) is 0 Å². The molecule has 0 fully saturated rings. The summed E-state index contributed by atoms with van der Waals surface area (Å²) >= 11 is 0. The second-order valence-electron chi connectivity index (χ2n) is 4.62. The van der Waals surface area contributed by atoms with Gasteiger partial charge in [-0.3, -0.25) is 25.4 Å². The fourth-order valence-electron chi connectivity index (χ4n) is 2.31. The van der Waals surface area contributed by atoms with E-state index in [1.807, 2.05) is 0 Å². The summed E-state index contributed by atoms with van der Waals surface area (Å²) in [6.45, 7) is 0. The lowest BCUT2D eigenvalue weighted by atomic mass is 10.1. The number of benzene rings is 1. The van der Waals surface area contributed by atoms with Crippen molar-refractivity contribution in [3.8, 4) is 0 Å². The van der Waals surface area contributed by atoms with Crippen LogP contribution < -0.4 is 11.1 Å². The number of hydrogen-bond donors (Lipinski definition) is 2. The molecule has 1 aromatic rings. The molecule has 3 rings (SSSR count). The van der Waals surface area contributed by atoms with Crippen LogP contribution in [-0.4, -0.2) is 27.4 Å². The number of nitrogens with zero attached hydrogens (tertiary/aromatic N) is 2. The summed E-state index contributed by atoms with van der Waals surface area (Å²) in [6, 6.07) is 3.53. The highest BCUT2D eigenvalue weighted by atomic mass is 16.6. The summed E-state index contributed by atoms with van der Waals surface area (Å²) in [5.74, 6) is -2.76. The number of non-ortho nitro benzene ring substituents is 1. The topological polar surface area (TPSA) is 119 Å². The highest BCUT2D eigenvalue weighted by Gasteiger charge is 2.46. The molecule has 106 valence electrons. The molecule has 21 heavy (non-hydrogen) atoms. The molecule has 0 saturated heterocycles. The van der Waals surface area contributed by atoms with Crippen molar-refractivity contribution in [3.63, 3.8) is 0 Å². The number of carbonyl (C=O) groups excluding carboxylic acids is 2. The molecule has 8 nitrogen and oxygen atoms in total. The maximum absolute atomic E-state index is 12.4. The van der Waals surface area contributed by atoms with Gasteiger partial charge in [0.05, 0.1) is 16.1 Å². The number of allylic oxidation sites excluding steroid dienone is 2. The lowest BCUT2D eigenvalue weighted by Crippen LogP contribution is -2.65. The molecule has 1 atom stereocenters. The molecule has 2 amide bonds. The molecular formula is C13H10N4O4. The predicted molar refractivity (Wildman–Crippen MR) is 71.9 cm³/mol. The number of dihydropyridines is 1. The van der Waals surface area contributed by atoms with Crippen molar-refractivity contribution in [1.82, 2.24) is 10.2 Å². The van der Waals surface area contributed by atoms with E-state index in [-0.39, 0.29) is 16.8 Å². The Hall–Kier alpha value is -3.00. The smallest absolute Gasteiger partial charge is 0.270 e. The van der Waals surface area contributed by atoms with Crippen LogP contribution in [0.3, 0.4) is 0 Å². The minimum atomic E-state index is -1.49. The Kier molecular flexibility index (Phi) is 2.63. The molecule has 0 spiro atoms. The average molecular weight is 286 g/mol. The van der Waals surface area contributed by atoms with Crippen molar-refractivity contribution < 1.29 is 14.5 Å². The van der Waals surface area contributed by atoms with Gasteiger partial charge < -0.3 is 5.32 Å². The van der Waals surface area contributed by atoms with Crippen molar-refractivity contribution in [2.45, 2.75) is 5.79 Å². The third-order valence-electron chi connectivity index (χ3n) is 3.32. The summed E-state index contributed by atoms with van der Waals surface area (Å²) < 4.78 is 0. The van der Waals surface area contributed by atoms with E-state index in [4.69, 9.17) is 5.73 Å². The highest BCUT2D eigenvalue weighted by molar-refractivity contribution is 6.22. The van der Waals surface area contributed by atoms with E-state index >= 15 is 0 Å². The Labute approximate surface area is 118 Å². The minimum absolute atomic E-state index is 0.0243. The molecule has 8 heteroatoms. The Morgan fingerprint density at radius 1 is 1.19 bits per heavy atom. The number of rotatable bonds is 2. The Bertz CT molecular complexity index is 740. The molecule has 2 aliphatic rings. The number of carbonyl (C=O) groups is 2. The monoisotopic (exact) mass is 286 g/mol. The van der Waals surface area contributed by atoms with Crippen LogP contribution >= 0.6 is 0 Å². The molecular weight excluding hydrogens is 276 g/mol. The van der Waals surface area contributed by atoms with Crippen LogP contribution in [0.5, 0.6) is 0 Å². The second-order valence-corrected chi connectivity index (χ2v) is 4.62. The van der Waals surface area contributed by atoms with Crippen molar-refractivity contribution in [2.75, 3.05) is 0 Å². The Morgan fingerprint density at radius 2 is 1.90 bits per heavy atom. The second kappa shape index (κ2) is 4.25. The van der Waals surface area contributed by atoms with Crippen LogP contribution in [0.2, 0.25) is 0 Å². The summed E-state index contributed by atoms with van der Waals surface area (Å²) in [6.07, 6.45) is 6.23. The molecule has 3 N–H and O–H groups in total. The van der Waals surface area contributed by atoms with Gasteiger partial charge in [-0.05, 0) is 24.4 Å². The van der Waals surface area contributed by atoms with Gasteiger partial charge in [0.1, 0.15) is 0 Å². The van der Waals surface area contributed by atoms with Crippen molar-refractivity contribution >= 4 is 17.5 Å². The number of nitro benzene ring substituents is 1. The third kappa shape index (κ3) is 1.81. The Morgan fingerprint density at radius 3 is 2.52 bits per heavy atom. The first kappa shape index (κ1) is 13.0. The van der Waals surface area contributed by atoms with E-state index in [9.17, 15) is 19.7 Å². The fraction of sp³-hybridized carbons (Fsp3) is 0.0769. The predicted octanol–water partition coefficient (Wildman–Crippen LogP) is 0.476. The molecule has 2 aliphatic heterocycles. The first-order valence-corrected chi connectivity index (χ1v) is 6.02. The maximum atomic E-state index is 12.4. The summed E-state index contributed by atoms with van der Waals surface area (Å²) in [4.78, 5) is 35.7. The van der Waals surface area contributed by atoms with Crippen LogP contribution in [-0.2, 0) is 0 Å². The zero-order chi connectivity index (χ0) is 15.2. The average Bonchev–Trinajstić information content (AvgIpc) is 2.71. The molecule has 1 unspecified atom stereocenters. The Balaban J connectivity index is 2.07.